The maximum Gasteiger partial charge on any atom is 0.164 e. The number of thiocarbonyl (C=S) groups is 1. The first-order valence-electron chi connectivity index (χ1n) is 6.26. The normalized spacial score (nSPS) is 16.6. The lowest BCUT2D eigenvalue weighted by Gasteiger charge is -2.15. The fraction of sp³-hybridized carbons (Fsp3) is 0. The largest absolute Gasteiger partial charge is 0.282 e. The second-order valence-corrected chi connectivity index (χ2v) is 6.84. The highest BCUT2D eigenvalue weighted by Gasteiger charge is 2.31. The number of halogens is 2. The predicted octanol–water partition coefficient (Wildman–Crippen LogP) is 5.54. The SMILES string of the molecule is N=C1C(=Nc2ccc(Cl)c(Cl)c2)SC(=S)N1c1ccccc1. The zero-order chi connectivity index (χ0) is 15.7. The Morgan fingerprint density at radius 2 is 1.77 bits per heavy atom. The van der Waals surface area contributed by atoms with Gasteiger partial charge in [-0.2, -0.15) is 0 Å². The number of aliphatic imine (C=N–C) groups is 1. The van der Waals surface area contributed by atoms with E-state index in [0.717, 1.165) is 5.69 Å². The van der Waals surface area contributed by atoms with E-state index >= 15 is 0 Å². The molecule has 22 heavy (non-hydrogen) atoms. The van der Waals surface area contributed by atoms with E-state index in [-0.39, 0.29) is 5.84 Å². The Morgan fingerprint density at radius 3 is 2.45 bits per heavy atom. The summed E-state index contributed by atoms with van der Waals surface area (Å²) >= 11 is 18.5. The first-order valence-corrected chi connectivity index (χ1v) is 8.24. The molecule has 3 nitrogen and oxygen atoms in total. The van der Waals surface area contributed by atoms with Crippen molar-refractivity contribution < 1.29 is 0 Å². The standard InChI is InChI=1S/C15H9Cl2N3S2/c16-11-7-6-9(8-12(11)17)19-14-13(18)20(15(21)22-14)10-4-2-1-3-5-10/h1-8,18H. The van der Waals surface area contributed by atoms with Gasteiger partial charge < -0.3 is 0 Å². The second kappa shape index (κ2) is 6.38. The minimum absolute atomic E-state index is 0.257. The summed E-state index contributed by atoms with van der Waals surface area (Å²) in [4.78, 5) is 6.14. The number of nitrogens with zero attached hydrogens (tertiary/aromatic N) is 2. The molecule has 7 heteroatoms. The molecule has 0 bridgehead atoms. The van der Waals surface area contributed by atoms with Gasteiger partial charge in [0.15, 0.2) is 10.2 Å². The molecule has 1 fully saturated rings. The second-order valence-electron chi connectivity index (χ2n) is 4.40. The fourth-order valence-electron chi connectivity index (χ4n) is 1.92. The Bertz CT molecular complexity index is 791. The number of para-hydroxylation sites is 1. The predicted molar refractivity (Wildman–Crippen MR) is 100 cm³/mol. The first-order chi connectivity index (χ1) is 10.6. The van der Waals surface area contributed by atoms with Crippen molar-refractivity contribution in [2.45, 2.75) is 0 Å². The van der Waals surface area contributed by atoms with Crippen LogP contribution < -0.4 is 4.90 Å². The summed E-state index contributed by atoms with van der Waals surface area (Å²) in [5.41, 5.74) is 1.49. The number of hydrogen-bond donors (Lipinski definition) is 1. The summed E-state index contributed by atoms with van der Waals surface area (Å²) < 4.78 is 0.579. The van der Waals surface area contributed by atoms with Crippen LogP contribution in [0.15, 0.2) is 53.5 Å². The smallest absolute Gasteiger partial charge is 0.164 e. The maximum atomic E-state index is 8.30. The Hall–Kier alpha value is -1.40. The number of benzene rings is 2. The Labute approximate surface area is 147 Å². The maximum absolute atomic E-state index is 8.30. The number of hydrogen-bond acceptors (Lipinski definition) is 4. The third kappa shape index (κ3) is 3.03. The molecule has 0 saturated carbocycles. The van der Waals surface area contributed by atoms with Crippen molar-refractivity contribution in [3.05, 3.63) is 58.6 Å². The summed E-state index contributed by atoms with van der Waals surface area (Å²) in [7, 11) is 0. The molecule has 2 aromatic carbocycles. The zero-order valence-electron chi connectivity index (χ0n) is 11.1. The van der Waals surface area contributed by atoms with Gasteiger partial charge in [0.05, 0.1) is 15.7 Å². The summed E-state index contributed by atoms with van der Waals surface area (Å²) in [6.07, 6.45) is 0. The van der Waals surface area contributed by atoms with Gasteiger partial charge in [0.2, 0.25) is 0 Å². The summed E-state index contributed by atoms with van der Waals surface area (Å²) in [5, 5.41) is 9.74. The summed E-state index contributed by atoms with van der Waals surface area (Å²) in [6, 6.07) is 14.6. The molecule has 3 rings (SSSR count). The molecular weight excluding hydrogens is 357 g/mol. The van der Waals surface area contributed by atoms with Crippen LogP contribution in [0.5, 0.6) is 0 Å². The van der Waals surface area contributed by atoms with E-state index in [1.165, 1.54) is 11.8 Å². The Kier molecular flexibility index (Phi) is 4.49. The van der Waals surface area contributed by atoms with E-state index in [1.54, 1.807) is 23.1 Å². The van der Waals surface area contributed by atoms with Gasteiger partial charge in [-0.3, -0.25) is 10.3 Å². The van der Waals surface area contributed by atoms with Crippen molar-refractivity contribution in [2.24, 2.45) is 4.99 Å². The molecule has 0 amide bonds. The van der Waals surface area contributed by atoms with E-state index in [1.807, 2.05) is 30.3 Å². The average Bonchev–Trinajstić information content (AvgIpc) is 2.78. The minimum Gasteiger partial charge on any atom is -0.282 e. The lowest BCUT2D eigenvalue weighted by atomic mass is 10.3. The van der Waals surface area contributed by atoms with Crippen molar-refractivity contribution >= 4 is 73.8 Å². The highest BCUT2D eigenvalue weighted by atomic mass is 35.5. The molecule has 1 aliphatic rings. The number of thioether (sulfide) groups is 1. The minimum atomic E-state index is 0.257. The van der Waals surface area contributed by atoms with Gasteiger partial charge in [0.1, 0.15) is 5.04 Å². The molecule has 0 spiro atoms. The van der Waals surface area contributed by atoms with Gasteiger partial charge in [-0.1, -0.05) is 53.6 Å². The first kappa shape index (κ1) is 15.5. The average molecular weight is 366 g/mol. The topological polar surface area (TPSA) is 39.5 Å². The Balaban J connectivity index is 1.93. The molecule has 1 aliphatic heterocycles. The molecule has 1 N–H and O–H groups in total. The van der Waals surface area contributed by atoms with Crippen molar-refractivity contribution in [3.8, 4) is 0 Å². The van der Waals surface area contributed by atoms with Gasteiger partial charge in [-0.25, -0.2) is 4.99 Å². The molecule has 2 aromatic rings. The quantitative estimate of drug-likeness (QED) is 0.710. The van der Waals surface area contributed by atoms with Crippen LogP contribution in [0.2, 0.25) is 10.0 Å². The number of anilines is 1. The molecular formula is C15H9Cl2N3S2. The van der Waals surface area contributed by atoms with E-state index in [2.05, 4.69) is 4.99 Å². The van der Waals surface area contributed by atoms with Crippen LogP contribution in [0.25, 0.3) is 0 Å². The van der Waals surface area contributed by atoms with Crippen molar-refractivity contribution in [1.82, 2.24) is 0 Å². The lowest BCUT2D eigenvalue weighted by molar-refractivity contribution is 1.40. The van der Waals surface area contributed by atoms with Crippen LogP contribution in [0.3, 0.4) is 0 Å². The van der Waals surface area contributed by atoms with Crippen LogP contribution >= 0.6 is 47.2 Å². The van der Waals surface area contributed by atoms with E-state index in [9.17, 15) is 0 Å². The van der Waals surface area contributed by atoms with Crippen LogP contribution in [-0.2, 0) is 0 Å². The number of amidine groups is 1. The third-order valence-corrected chi connectivity index (χ3v) is 4.95. The van der Waals surface area contributed by atoms with Gasteiger partial charge >= 0.3 is 0 Å². The lowest BCUT2D eigenvalue weighted by Crippen LogP contribution is -2.28. The van der Waals surface area contributed by atoms with Crippen molar-refractivity contribution in [3.63, 3.8) is 0 Å². The molecule has 0 radical (unpaired) electrons. The van der Waals surface area contributed by atoms with Crippen LogP contribution in [0.4, 0.5) is 11.4 Å². The van der Waals surface area contributed by atoms with Crippen molar-refractivity contribution in [1.29, 1.82) is 5.41 Å². The molecule has 110 valence electrons. The third-order valence-electron chi connectivity index (χ3n) is 2.94. The van der Waals surface area contributed by atoms with E-state index < -0.39 is 0 Å². The van der Waals surface area contributed by atoms with Crippen molar-refractivity contribution in [2.75, 3.05) is 4.90 Å². The number of nitrogens with one attached hydrogen (secondary N) is 1. The fourth-order valence-corrected chi connectivity index (χ4v) is 3.44. The van der Waals surface area contributed by atoms with Gasteiger partial charge in [-0.05, 0) is 42.1 Å². The molecule has 0 unspecified atom stereocenters. The summed E-state index contributed by atoms with van der Waals surface area (Å²) in [5.74, 6) is 0.257. The van der Waals surface area contributed by atoms with Crippen LogP contribution in [0, 0.1) is 5.41 Å². The molecule has 1 heterocycles. The molecule has 1 saturated heterocycles. The van der Waals surface area contributed by atoms with Crippen LogP contribution in [0.1, 0.15) is 0 Å². The molecule has 0 atom stereocenters. The van der Waals surface area contributed by atoms with Gasteiger partial charge in [-0.15, -0.1) is 0 Å². The van der Waals surface area contributed by atoms with Gasteiger partial charge in [0.25, 0.3) is 0 Å². The molecule has 0 aromatic heterocycles. The Morgan fingerprint density at radius 1 is 1.05 bits per heavy atom. The highest BCUT2D eigenvalue weighted by Crippen LogP contribution is 2.32. The molecule has 0 aliphatic carbocycles. The van der Waals surface area contributed by atoms with Crippen LogP contribution in [-0.4, -0.2) is 15.2 Å². The number of rotatable bonds is 2. The monoisotopic (exact) mass is 365 g/mol. The van der Waals surface area contributed by atoms with E-state index in [0.29, 0.717) is 25.1 Å². The summed E-state index contributed by atoms with van der Waals surface area (Å²) in [6.45, 7) is 0. The zero-order valence-corrected chi connectivity index (χ0v) is 14.2. The van der Waals surface area contributed by atoms with Gasteiger partial charge in [0, 0.05) is 5.69 Å². The highest BCUT2D eigenvalue weighted by molar-refractivity contribution is 8.35. The van der Waals surface area contributed by atoms with E-state index in [4.69, 9.17) is 40.8 Å².